The number of benzene rings is 1. The number of nitrogen functional groups attached to an aromatic ring is 1. The topological polar surface area (TPSA) is 38.9 Å². The third-order valence-electron chi connectivity index (χ3n) is 1.80. The highest BCUT2D eigenvalue weighted by molar-refractivity contribution is 7.99. The minimum atomic E-state index is 0.814. The third-order valence-corrected chi connectivity index (χ3v) is 2.90. The number of rotatable bonds is 2. The summed E-state index contributed by atoms with van der Waals surface area (Å²) in [6.45, 7) is 0. The number of hydrogen-bond donors (Lipinski definition) is 1. The molecule has 1 aromatic heterocycles. The molecule has 1 heterocycles. The number of nitrogens with zero attached hydrogens (tertiary/aromatic N) is 1. The molecule has 0 radical (unpaired) electrons. The van der Waals surface area contributed by atoms with Gasteiger partial charge in [0.1, 0.15) is 0 Å². The van der Waals surface area contributed by atoms with E-state index >= 15 is 0 Å². The van der Waals surface area contributed by atoms with E-state index in [1.54, 1.807) is 24.2 Å². The molecular formula is C11H10N2S. The summed E-state index contributed by atoms with van der Waals surface area (Å²) < 4.78 is 0. The minimum Gasteiger partial charge on any atom is -0.398 e. The molecule has 1 aromatic carbocycles. The van der Waals surface area contributed by atoms with Crippen LogP contribution in [0.4, 0.5) is 5.69 Å². The second-order valence-electron chi connectivity index (χ2n) is 2.82. The highest BCUT2D eigenvalue weighted by atomic mass is 32.2. The van der Waals surface area contributed by atoms with Gasteiger partial charge in [-0.15, -0.1) is 0 Å². The summed E-state index contributed by atoms with van der Waals surface area (Å²) in [5, 5.41) is 0. The second-order valence-corrected chi connectivity index (χ2v) is 3.94. The Morgan fingerprint density at radius 3 is 2.43 bits per heavy atom. The van der Waals surface area contributed by atoms with Gasteiger partial charge in [0, 0.05) is 27.9 Å². The van der Waals surface area contributed by atoms with Crippen molar-refractivity contribution in [1.82, 2.24) is 4.98 Å². The third kappa shape index (κ3) is 2.06. The van der Waals surface area contributed by atoms with Crippen molar-refractivity contribution in [2.75, 3.05) is 5.73 Å². The maximum atomic E-state index is 5.83. The largest absolute Gasteiger partial charge is 0.398 e. The average molecular weight is 202 g/mol. The lowest BCUT2D eigenvalue weighted by Gasteiger charge is -2.03. The number of anilines is 1. The van der Waals surface area contributed by atoms with Gasteiger partial charge in [0.15, 0.2) is 0 Å². The Morgan fingerprint density at radius 1 is 1.00 bits per heavy atom. The van der Waals surface area contributed by atoms with Crippen molar-refractivity contribution in [2.24, 2.45) is 0 Å². The van der Waals surface area contributed by atoms with Crippen LogP contribution in [0.1, 0.15) is 0 Å². The molecule has 0 spiro atoms. The molecule has 0 aliphatic heterocycles. The molecule has 0 saturated carbocycles. The zero-order chi connectivity index (χ0) is 9.80. The first-order chi connectivity index (χ1) is 6.86. The lowest BCUT2D eigenvalue weighted by molar-refractivity contribution is 1.26. The quantitative estimate of drug-likeness (QED) is 0.761. The van der Waals surface area contributed by atoms with Crippen molar-refractivity contribution in [2.45, 2.75) is 9.79 Å². The van der Waals surface area contributed by atoms with Crippen LogP contribution in [0, 0.1) is 0 Å². The minimum absolute atomic E-state index is 0.814. The normalized spacial score (nSPS) is 10.0. The molecule has 0 fully saturated rings. The molecule has 70 valence electrons. The molecule has 0 amide bonds. The molecule has 2 aromatic rings. The van der Waals surface area contributed by atoms with Crippen molar-refractivity contribution in [3.8, 4) is 0 Å². The van der Waals surface area contributed by atoms with Crippen LogP contribution in [-0.2, 0) is 0 Å². The van der Waals surface area contributed by atoms with E-state index in [9.17, 15) is 0 Å². The Labute approximate surface area is 87.2 Å². The average Bonchev–Trinajstić information content (AvgIpc) is 2.23. The van der Waals surface area contributed by atoms with Crippen LogP contribution in [0.3, 0.4) is 0 Å². The van der Waals surface area contributed by atoms with Crippen LogP contribution < -0.4 is 5.73 Å². The molecule has 2 nitrogen and oxygen atoms in total. The molecular weight excluding hydrogens is 192 g/mol. The summed E-state index contributed by atoms with van der Waals surface area (Å²) in [7, 11) is 0. The predicted molar refractivity (Wildman–Crippen MR) is 59.2 cm³/mol. The van der Waals surface area contributed by atoms with Crippen molar-refractivity contribution in [1.29, 1.82) is 0 Å². The van der Waals surface area contributed by atoms with Gasteiger partial charge in [-0.25, -0.2) is 0 Å². The number of nitrogens with two attached hydrogens (primary N) is 1. The fourth-order valence-electron chi connectivity index (χ4n) is 1.11. The van der Waals surface area contributed by atoms with Crippen LogP contribution in [0.25, 0.3) is 0 Å². The fourth-order valence-corrected chi connectivity index (χ4v) is 1.95. The summed E-state index contributed by atoms with van der Waals surface area (Å²) in [4.78, 5) is 6.20. The Kier molecular flexibility index (Phi) is 2.70. The summed E-state index contributed by atoms with van der Waals surface area (Å²) in [6.07, 6.45) is 3.56. The maximum Gasteiger partial charge on any atom is 0.0455 e. The smallest absolute Gasteiger partial charge is 0.0455 e. The summed E-state index contributed by atoms with van der Waals surface area (Å²) in [5.41, 5.74) is 6.65. The summed E-state index contributed by atoms with van der Waals surface area (Å²) in [5.74, 6) is 0. The molecule has 0 atom stereocenters. The number of hydrogen-bond acceptors (Lipinski definition) is 3. The first-order valence-corrected chi connectivity index (χ1v) is 5.10. The zero-order valence-electron chi connectivity index (χ0n) is 7.55. The molecule has 2 rings (SSSR count). The van der Waals surface area contributed by atoms with Crippen LogP contribution in [0.2, 0.25) is 0 Å². The lowest BCUT2D eigenvalue weighted by Crippen LogP contribution is -1.86. The van der Waals surface area contributed by atoms with E-state index in [2.05, 4.69) is 4.98 Å². The Hall–Kier alpha value is -1.48. The van der Waals surface area contributed by atoms with E-state index in [0.717, 1.165) is 15.5 Å². The number of aromatic nitrogens is 1. The van der Waals surface area contributed by atoms with Gasteiger partial charge in [-0.1, -0.05) is 23.9 Å². The van der Waals surface area contributed by atoms with Crippen LogP contribution in [0.15, 0.2) is 58.6 Å². The lowest BCUT2D eigenvalue weighted by atomic mass is 10.3. The Bertz CT molecular complexity index is 415. The van der Waals surface area contributed by atoms with Gasteiger partial charge in [-0.05, 0) is 24.3 Å². The van der Waals surface area contributed by atoms with Gasteiger partial charge in [0.25, 0.3) is 0 Å². The van der Waals surface area contributed by atoms with E-state index in [0.29, 0.717) is 0 Å². The van der Waals surface area contributed by atoms with Gasteiger partial charge in [-0.2, -0.15) is 0 Å². The van der Waals surface area contributed by atoms with E-state index in [1.807, 2.05) is 36.4 Å². The number of para-hydroxylation sites is 1. The maximum absolute atomic E-state index is 5.83. The van der Waals surface area contributed by atoms with Gasteiger partial charge in [0.05, 0.1) is 0 Å². The molecule has 0 aliphatic carbocycles. The van der Waals surface area contributed by atoms with Crippen molar-refractivity contribution in [3.63, 3.8) is 0 Å². The Balaban J connectivity index is 2.24. The molecule has 0 unspecified atom stereocenters. The first kappa shape index (κ1) is 9.09. The molecule has 3 heteroatoms. The van der Waals surface area contributed by atoms with E-state index in [4.69, 9.17) is 5.73 Å². The van der Waals surface area contributed by atoms with E-state index in [1.165, 1.54) is 0 Å². The molecule has 0 aliphatic rings. The van der Waals surface area contributed by atoms with Crippen molar-refractivity contribution in [3.05, 3.63) is 48.8 Å². The second kappa shape index (κ2) is 4.15. The fraction of sp³-hybridized carbons (Fsp3) is 0. The highest BCUT2D eigenvalue weighted by Crippen LogP contribution is 2.30. The van der Waals surface area contributed by atoms with Crippen LogP contribution in [0.5, 0.6) is 0 Å². The predicted octanol–water partition coefficient (Wildman–Crippen LogP) is 2.82. The summed E-state index contributed by atoms with van der Waals surface area (Å²) >= 11 is 1.65. The molecule has 2 N–H and O–H groups in total. The van der Waals surface area contributed by atoms with Gasteiger partial charge in [0.2, 0.25) is 0 Å². The van der Waals surface area contributed by atoms with Gasteiger partial charge in [-0.3, -0.25) is 4.98 Å². The first-order valence-electron chi connectivity index (χ1n) is 4.28. The molecule has 0 bridgehead atoms. The SMILES string of the molecule is Nc1ccccc1Sc1ccncc1. The van der Waals surface area contributed by atoms with Crippen molar-refractivity contribution >= 4 is 17.4 Å². The highest BCUT2D eigenvalue weighted by Gasteiger charge is 1.99. The number of pyridine rings is 1. The van der Waals surface area contributed by atoms with Gasteiger partial charge < -0.3 is 5.73 Å². The van der Waals surface area contributed by atoms with E-state index < -0.39 is 0 Å². The van der Waals surface area contributed by atoms with Crippen LogP contribution in [-0.4, -0.2) is 4.98 Å². The molecule has 14 heavy (non-hydrogen) atoms. The zero-order valence-corrected chi connectivity index (χ0v) is 8.37. The van der Waals surface area contributed by atoms with Crippen molar-refractivity contribution < 1.29 is 0 Å². The molecule has 0 saturated heterocycles. The monoisotopic (exact) mass is 202 g/mol. The Morgan fingerprint density at radius 2 is 1.71 bits per heavy atom. The van der Waals surface area contributed by atoms with Crippen LogP contribution >= 0.6 is 11.8 Å². The standard InChI is InChI=1S/C11H10N2S/c12-10-3-1-2-4-11(10)14-9-5-7-13-8-6-9/h1-8H,12H2. The summed E-state index contributed by atoms with van der Waals surface area (Å²) in [6, 6.07) is 11.8. The van der Waals surface area contributed by atoms with Gasteiger partial charge >= 0.3 is 0 Å². The van der Waals surface area contributed by atoms with E-state index in [-0.39, 0.29) is 0 Å².